The maximum atomic E-state index is 11.9. The van der Waals surface area contributed by atoms with Crippen molar-refractivity contribution in [3.63, 3.8) is 0 Å². The van der Waals surface area contributed by atoms with Crippen molar-refractivity contribution < 1.29 is 19.5 Å². The van der Waals surface area contributed by atoms with Crippen molar-refractivity contribution in [3.05, 3.63) is 0 Å². The minimum absolute atomic E-state index is 0.0279. The van der Waals surface area contributed by atoms with E-state index in [4.69, 9.17) is 22.0 Å². The monoisotopic (exact) mass is 342 g/mol. The van der Waals surface area contributed by atoms with Crippen LogP contribution in [-0.2, 0) is 14.4 Å². The van der Waals surface area contributed by atoms with Gasteiger partial charge >= 0.3 is 5.97 Å². The van der Waals surface area contributed by atoms with Crippen molar-refractivity contribution in [2.45, 2.75) is 25.3 Å². The fraction of sp³-hybridized carbons (Fsp3) is 0.714. The maximum Gasteiger partial charge on any atom is 0.323 e. The summed E-state index contributed by atoms with van der Waals surface area (Å²) < 4.78 is 0. The molecule has 2 amide bonds. The van der Waals surface area contributed by atoms with Crippen LogP contribution in [0.15, 0.2) is 0 Å². The Labute approximate surface area is 140 Å². The lowest BCUT2D eigenvalue weighted by molar-refractivity contribution is -0.144. The second-order valence-electron chi connectivity index (χ2n) is 6.04. The molecule has 0 aromatic carbocycles. The highest BCUT2D eigenvalue weighted by Gasteiger charge is 2.24. The van der Waals surface area contributed by atoms with Gasteiger partial charge in [-0.05, 0) is 18.8 Å². The number of amides is 2. The Kier molecular flexibility index (Phi) is 7.43. The molecule has 10 heteroatoms. The predicted octanol–water partition coefficient (Wildman–Crippen LogP) is -2.03. The number of carbonyl (C=O) groups is 3. The van der Waals surface area contributed by atoms with Crippen LogP contribution in [-0.4, -0.2) is 77.9 Å². The Hall–Kier alpha value is -2.36. The number of likely N-dealkylation sites (N-methyl/N-ethyl adjacent to an activating group) is 1. The lowest BCUT2D eigenvalue weighted by Gasteiger charge is -2.33. The first-order valence-corrected chi connectivity index (χ1v) is 7.78. The number of nitrogens with zero attached hydrogens (tertiary/aromatic N) is 2. The van der Waals surface area contributed by atoms with Gasteiger partial charge in [0.25, 0.3) is 0 Å². The Morgan fingerprint density at radius 2 is 2.12 bits per heavy atom. The third-order valence-electron chi connectivity index (χ3n) is 3.92. The van der Waals surface area contributed by atoms with Crippen LogP contribution in [0.3, 0.4) is 0 Å². The van der Waals surface area contributed by atoms with E-state index in [0.29, 0.717) is 13.1 Å². The van der Waals surface area contributed by atoms with Crippen LogP contribution in [0.5, 0.6) is 0 Å². The van der Waals surface area contributed by atoms with Gasteiger partial charge < -0.3 is 31.7 Å². The zero-order valence-electron chi connectivity index (χ0n) is 13.8. The third kappa shape index (κ3) is 6.41. The van der Waals surface area contributed by atoms with E-state index < -0.39 is 24.5 Å². The zero-order valence-corrected chi connectivity index (χ0v) is 13.8. The van der Waals surface area contributed by atoms with Crippen molar-refractivity contribution in [3.8, 4) is 0 Å². The first kappa shape index (κ1) is 19.7. The van der Waals surface area contributed by atoms with Gasteiger partial charge in [-0.3, -0.25) is 19.8 Å². The molecule has 1 rings (SSSR count). The van der Waals surface area contributed by atoms with Crippen LogP contribution >= 0.6 is 0 Å². The summed E-state index contributed by atoms with van der Waals surface area (Å²) in [6.45, 7) is 1.32. The zero-order chi connectivity index (χ0) is 18.3. The first-order valence-electron chi connectivity index (χ1n) is 7.78. The number of nitrogens with one attached hydrogen (secondary N) is 2. The van der Waals surface area contributed by atoms with Gasteiger partial charge in [0.15, 0.2) is 5.96 Å². The van der Waals surface area contributed by atoms with Gasteiger partial charge in [-0.25, -0.2) is 0 Å². The molecule has 1 aliphatic heterocycles. The summed E-state index contributed by atoms with van der Waals surface area (Å²) in [5.41, 5.74) is 11.1. The van der Waals surface area contributed by atoms with Gasteiger partial charge in [-0.15, -0.1) is 0 Å². The van der Waals surface area contributed by atoms with Gasteiger partial charge in [0, 0.05) is 26.7 Å². The molecule has 10 nitrogen and oxygen atoms in total. The van der Waals surface area contributed by atoms with Crippen molar-refractivity contribution in [1.29, 1.82) is 5.41 Å². The number of carboxylic acids is 1. The molecular weight excluding hydrogens is 316 g/mol. The van der Waals surface area contributed by atoms with E-state index in [1.54, 1.807) is 4.90 Å². The Balaban J connectivity index is 2.36. The highest BCUT2D eigenvalue weighted by atomic mass is 16.4. The number of rotatable bonds is 7. The first-order chi connectivity index (χ1) is 11.2. The number of piperidine rings is 1. The molecule has 1 fully saturated rings. The van der Waals surface area contributed by atoms with E-state index in [0.717, 1.165) is 24.3 Å². The average Bonchev–Trinajstić information content (AvgIpc) is 2.51. The largest absolute Gasteiger partial charge is 0.480 e. The lowest BCUT2D eigenvalue weighted by atomic mass is 9.98. The number of hydrogen-bond donors (Lipinski definition) is 5. The van der Waals surface area contributed by atoms with Crippen molar-refractivity contribution in [1.82, 2.24) is 15.1 Å². The van der Waals surface area contributed by atoms with Gasteiger partial charge in [-0.2, -0.15) is 0 Å². The van der Waals surface area contributed by atoms with Crippen molar-refractivity contribution in [2.24, 2.45) is 17.4 Å². The number of hydrogen-bond acceptors (Lipinski definition) is 5. The van der Waals surface area contributed by atoms with E-state index in [-0.39, 0.29) is 24.2 Å². The third-order valence-corrected chi connectivity index (χ3v) is 3.92. The van der Waals surface area contributed by atoms with Crippen LogP contribution in [0, 0.1) is 11.3 Å². The molecule has 0 spiro atoms. The van der Waals surface area contributed by atoms with Gasteiger partial charge in [-0.1, -0.05) is 0 Å². The number of nitrogens with two attached hydrogens (primary N) is 2. The molecule has 1 heterocycles. The number of guanidine groups is 1. The molecule has 0 saturated carbocycles. The SMILES string of the molecule is CN(CC(=O)O)C(=O)[C@@H](N)CC(=O)NC[C@@H]1CCCN(C(=N)N)C1. The fourth-order valence-electron chi connectivity index (χ4n) is 2.63. The topological polar surface area (TPSA) is 166 Å². The molecule has 1 saturated heterocycles. The smallest absolute Gasteiger partial charge is 0.323 e. The van der Waals surface area contributed by atoms with Gasteiger partial charge in [0.05, 0.1) is 12.5 Å². The molecule has 7 N–H and O–H groups in total. The van der Waals surface area contributed by atoms with Crippen LogP contribution in [0.4, 0.5) is 0 Å². The van der Waals surface area contributed by atoms with Gasteiger partial charge in [0.1, 0.15) is 6.54 Å². The second-order valence-corrected chi connectivity index (χ2v) is 6.04. The molecule has 2 atom stereocenters. The number of carboxylic acid groups (broad SMARTS) is 1. The minimum atomic E-state index is -1.14. The number of carbonyl (C=O) groups excluding carboxylic acids is 2. The van der Waals surface area contributed by atoms with E-state index in [1.165, 1.54) is 7.05 Å². The summed E-state index contributed by atoms with van der Waals surface area (Å²) in [7, 11) is 1.33. The van der Waals surface area contributed by atoms with Crippen LogP contribution < -0.4 is 16.8 Å². The van der Waals surface area contributed by atoms with E-state index in [2.05, 4.69) is 5.32 Å². The standard InChI is InChI=1S/C14H26N6O4/c1-19(8-12(22)23)13(24)10(15)5-11(21)18-6-9-3-2-4-20(7-9)14(16)17/h9-10H,2-8,15H2,1H3,(H3,16,17)(H,18,21)(H,22,23)/t9-,10-/m0/s1. The van der Waals surface area contributed by atoms with Crippen molar-refractivity contribution >= 4 is 23.7 Å². The Morgan fingerprint density at radius 1 is 1.46 bits per heavy atom. The maximum absolute atomic E-state index is 11.9. The molecule has 24 heavy (non-hydrogen) atoms. The Bertz CT molecular complexity index is 498. The summed E-state index contributed by atoms with van der Waals surface area (Å²) in [6.07, 6.45) is 1.63. The van der Waals surface area contributed by atoms with E-state index in [1.807, 2.05) is 0 Å². The van der Waals surface area contributed by atoms with E-state index in [9.17, 15) is 14.4 Å². The average molecular weight is 342 g/mol. The van der Waals surface area contributed by atoms with Crippen LogP contribution in [0.2, 0.25) is 0 Å². The highest BCUT2D eigenvalue weighted by Crippen LogP contribution is 2.15. The van der Waals surface area contributed by atoms with Crippen molar-refractivity contribution in [2.75, 3.05) is 33.2 Å². The molecule has 0 radical (unpaired) electrons. The predicted molar refractivity (Wildman–Crippen MR) is 87.1 cm³/mol. The molecular formula is C14H26N6O4. The summed E-state index contributed by atoms with van der Waals surface area (Å²) >= 11 is 0. The Morgan fingerprint density at radius 3 is 2.71 bits per heavy atom. The summed E-state index contributed by atoms with van der Waals surface area (Å²) in [5, 5.41) is 18.8. The number of likely N-dealkylation sites (tertiary alicyclic amines) is 1. The molecule has 136 valence electrons. The molecule has 0 aromatic heterocycles. The molecule has 0 aliphatic carbocycles. The van der Waals surface area contributed by atoms with Crippen LogP contribution in [0.1, 0.15) is 19.3 Å². The highest BCUT2D eigenvalue weighted by molar-refractivity contribution is 5.89. The fourth-order valence-corrected chi connectivity index (χ4v) is 2.63. The molecule has 0 unspecified atom stereocenters. The molecule has 1 aliphatic rings. The van der Waals surface area contributed by atoms with Crippen LogP contribution in [0.25, 0.3) is 0 Å². The van der Waals surface area contributed by atoms with Gasteiger partial charge in [0.2, 0.25) is 11.8 Å². The summed E-state index contributed by atoms with van der Waals surface area (Å²) in [5.74, 6) is -1.88. The quantitative estimate of drug-likeness (QED) is 0.263. The normalized spacial score (nSPS) is 18.6. The summed E-state index contributed by atoms with van der Waals surface area (Å²) in [4.78, 5) is 37.1. The van der Waals surface area contributed by atoms with E-state index >= 15 is 0 Å². The lowest BCUT2D eigenvalue weighted by Crippen LogP contribution is -2.48. The molecule has 0 bridgehead atoms. The summed E-state index contributed by atoms with van der Waals surface area (Å²) in [6, 6.07) is -1.07. The molecule has 0 aromatic rings. The second kappa shape index (κ2) is 9.06. The minimum Gasteiger partial charge on any atom is -0.480 e. The number of aliphatic carboxylic acids is 1.